The Labute approximate surface area is 161 Å². The van der Waals surface area contributed by atoms with Crippen molar-refractivity contribution in [2.24, 2.45) is 11.1 Å². The first kappa shape index (κ1) is 19.6. The molecule has 1 aliphatic carbocycles. The van der Waals surface area contributed by atoms with Crippen molar-refractivity contribution in [1.82, 2.24) is 0 Å². The molecule has 27 heavy (non-hydrogen) atoms. The van der Waals surface area contributed by atoms with Crippen molar-refractivity contribution in [2.75, 3.05) is 6.61 Å². The van der Waals surface area contributed by atoms with Gasteiger partial charge in [0.2, 0.25) is 0 Å². The van der Waals surface area contributed by atoms with Gasteiger partial charge in [-0.1, -0.05) is 68.4 Å². The summed E-state index contributed by atoms with van der Waals surface area (Å²) in [6.45, 7) is 6.26. The molecule has 0 heterocycles. The summed E-state index contributed by atoms with van der Waals surface area (Å²) >= 11 is 0. The normalized spacial score (nSPS) is 22.9. The zero-order valence-electron chi connectivity index (χ0n) is 16.3. The molecule has 3 atom stereocenters. The number of nitrogens with two attached hydrogens (primary N) is 1. The highest BCUT2D eigenvalue weighted by Gasteiger charge is 2.62. The molecule has 0 spiro atoms. The zero-order chi connectivity index (χ0) is 19.7. The Bertz CT molecular complexity index is 785. The topological polar surface area (TPSA) is 72.5 Å². The van der Waals surface area contributed by atoms with Gasteiger partial charge in [-0.2, -0.15) is 0 Å². The van der Waals surface area contributed by atoms with Crippen molar-refractivity contribution in [3.63, 3.8) is 0 Å². The lowest BCUT2D eigenvalue weighted by Gasteiger charge is -2.34. The van der Waals surface area contributed by atoms with Crippen LogP contribution in [0.3, 0.4) is 0 Å². The first-order chi connectivity index (χ1) is 12.8. The molecule has 3 rings (SSSR count). The standard InChI is InChI=1S/C23H29NO3/c1-4-27-21(26)23(15-20(23)25)14-19(24)22(2,3)18-12-10-17(11-13-18)16-8-6-5-7-9-16/h5-13,19-20,25H,4,14-15,24H2,1-3H3/t19-,20?,23?/m0/s1. The van der Waals surface area contributed by atoms with Crippen molar-refractivity contribution in [2.45, 2.75) is 51.2 Å². The number of ether oxygens (including phenoxy) is 1. The highest BCUT2D eigenvalue weighted by Crippen LogP contribution is 2.52. The summed E-state index contributed by atoms with van der Waals surface area (Å²) in [5.41, 5.74) is 8.81. The molecule has 2 aromatic rings. The third-order valence-electron chi connectivity index (χ3n) is 5.96. The summed E-state index contributed by atoms with van der Waals surface area (Å²) in [6.07, 6.45) is 0.196. The van der Waals surface area contributed by atoms with Crippen LogP contribution in [-0.4, -0.2) is 29.8 Å². The second kappa shape index (κ2) is 7.45. The Kier molecular flexibility index (Phi) is 5.41. The molecule has 0 aromatic heterocycles. The first-order valence-corrected chi connectivity index (χ1v) is 9.58. The molecule has 4 nitrogen and oxygen atoms in total. The van der Waals surface area contributed by atoms with E-state index in [1.54, 1.807) is 6.92 Å². The van der Waals surface area contributed by atoms with Gasteiger partial charge >= 0.3 is 5.97 Å². The van der Waals surface area contributed by atoms with E-state index >= 15 is 0 Å². The maximum absolute atomic E-state index is 12.3. The Hall–Kier alpha value is -2.17. The number of hydrogen-bond acceptors (Lipinski definition) is 4. The lowest BCUT2D eigenvalue weighted by atomic mass is 9.74. The van der Waals surface area contributed by atoms with Gasteiger partial charge in [0.1, 0.15) is 0 Å². The molecule has 1 fully saturated rings. The van der Waals surface area contributed by atoms with Crippen molar-refractivity contribution < 1.29 is 14.6 Å². The van der Waals surface area contributed by atoms with Crippen LogP contribution >= 0.6 is 0 Å². The average Bonchev–Trinajstić information content (AvgIpc) is 3.33. The van der Waals surface area contributed by atoms with Crippen LogP contribution in [0, 0.1) is 5.41 Å². The minimum absolute atomic E-state index is 0.276. The van der Waals surface area contributed by atoms with Gasteiger partial charge in [0.15, 0.2) is 0 Å². The maximum Gasteiger partial charge on any atom is 0.314 e. The third kappa shape index (κ3) is 3.78. The Morgan fingerprint density at radius 2 is 1.74 bits per heavy atom. The lowest BCUT2D eigenvalue weighted by molar-refractivity contribution is -0.151. The monoisotopic (exact) mass is 367 g/mol. The van der Waals surface area contributed by atoms with Gasteiger partial charge in [0, 0.05) is 11.5 Å². The molecule has 3 N–H and O–H groups in total. The quantitative estimate of drug-likeness (QED) is 0.733. The fraction of sp³-hybridized carbons (Fsp3) is 0.435. The van der Waals surface area contributed by atoms with E-state index in [4.69, 9.17) is 10.5 Å². The molecule has 0 aliphatic heterocycles. The fourth-order valence-electron chi connectivity index (χ4n) is 3.67. The van der Waals surface area contributed by atoms with Crippen LogP contribution in [0.2, 0.25) is 0 Å². The Morgan fingerprint density at radius 1 is 1.19 bits per heavy atom. The molecule has 0 amide bonds. The number of carbonyl (C=O) groups is 1. The molecular formula is C23H29NO3. The van der Waals surface area contributed by atoms with E-state index in [1.807, 2.05) is 18.2 Å². The number of aliphatic hydroxyl groups is 1. The van der Waals surface area contributed by atoms with Crippen molar-refractivity contribution >= 4 is 5.97 Å². The second-order valence-electron chi connectivity index (χ2n) is 8.07. The first-order valence-electron chi connectivity index (χ1n) is 9.58. The number of aliphatic hydroxyl groups excluding tert-OH is 1. The molecule has 144 valence electrons. The minimum Gasteiger partial charge on any atom is -0.465 e. The second-order valence-corrected chi connectivity index (χ2v) is 8.07. The predicted octanol–water partition coefficient (Wildman–Crippen LogP) is 3.66. The van der Waals surface area contributed by atoms with Gasteiger partial charge < -0.3 is 15.6 Å². The van der Waals surface area contributed by atoms with Crippen LogP contribution in [-0.2, 0) is 14.9 Å². The molecular weight excluding hydrogens is 338 g/mol. The van der Waals surface area contributed by atoms with E-state index in [-0.39, 0.29) is 17.4 Å². The van der Waals surface area contributed by atoms with Crippen molar-refractivity contribution in [3.8, 4) is 11.1 Å². The molecule has 2 unspecified atom stereocenters. The van der Waals surface area contributed by atoms with Gasteiger partial charge in [0.25, 0.3) is 0 Å². The fourth-order valence-corrected chi connectivity index (χ4v) is 3.67. The average molecular weight is 367 g/mol. The van der Waals surface area contributed by atoms with Gasteiger partial charge in [-0.15, -0.1) is 0 Å². The van der Waals surface area contributed by atoms with Crippen LogP contribution in [0.1, 0.15) is 39.2 Å². The molecule has 0 bridgehead atoms. The van der Waals surface area contributed by atoms with E-state index in [0.717, 1.165) is 11.1 Å². The lowest BCUT2D eigenvalue weighted by Crippen LogP contribution is -2.44. The van der Waals surface area contributed by atoms with Crippen LogP contribution in [0.4, 0.5) is 0 Å². The summed E-state index contributed by atoms with van der Waals surface area (Å²) < 4.78 is 5.17. The third-order valence-corrected chi connectivity index (χ3v) is 5.96. The minimum atomic E-state index is -0.837. The number of esters is 1. The molecule has 2 aromatic carbocycles. The zero-order valence-corrected chi connectivity index (χ0v) is 16.3. The molecule has 0 saturated heterocycles. The number of carbonyl (C=O) groups excluding carboxylic acids is 1. The van der Waals surface area contributed by atoms with E-state index < -0.39 is 11.5 Å². The Morgan fingerprint density at radius 3 is 2.26 bits per heavy atom. The molecule has 1 saturated carbocycles. The largest absolute Gasteiger partial charge is 0.465 e. The summed E-state index contributed by atoms with van der Waals surface area (Å²) in [6, 6.07) is 18.4. The Balaban J connectivity index is 1.76. The number of hydrogen-bond donors (Lipinski definition) is 2. The number of benzene rings is 2. The SMILES string of the molecule is CCOC(=O)C1(C[C@H](N)C(C)(C)c2ccc(-c3ccccc3)cc2)CC1O. The molecule has 4 heteroatoms. The summed E-state index contributed by atoms with van der Waals surface area (Å²) in [5.74, 6) is -0.330. The highest BCUT2D eigenvalue weighted by molar-refractivity contribution is 5.81. The van der Waals surface area contributed by atoms with Gasteiger partial charge in [-0.3, -0.25) is 4.79 Å². The smallest absolute Gasteiger partial charge is 0.314 e. The van der Waals surface area contributed by atoms with Crippen molar-refractivity contribution in [3.05, 3.63) is 60.2 Å². The summed E-state index contributed by atoms with van der Waals surface area (Å²) in [5, 5.41) is 10.1. The van der Waals surface area contributed by atoms with E-state index in [2.05, 4.69) is 50.2 Å². The van der Waals surface area contributed by atoms with E-state index in [1.165, 1.54) is 5.56 Å². The molecule has 0 radical (unpaired) electrons. The molecule has 1 aliphatic rings. The van der Waals surface area contributed by atoms with Crippen molar-refractivity contribution in [1.29, 1.82) is 0 Å². The van der Waals surface area contributed by atoms with Crippen LogP contribution in [0.15, 0.2) is 54.6 Å². The van der Waals surface area contributed by atoms with E-state index in [0.29, 0.717) is 19.4 Å². The van der Waals surface area contributed by atoms with Gasteiger partial charge in [-0.05, 0) is 36.5 Å². The van der Waals surface area contributed by atoms with Gasteiger partial charge in [0.05, 0.1) is 18.1 Å². The predicted molar refractivity (Wildman–Crippen MR) is 107 cm³/mol. The van der Waals surface area contributed by atoms with Crippen LogP contribution in [0.5, 0.6) is 0 Å². The van der Waals surface area contributed by atoms with Crippen LogP contribution < -0.4 is 5.73 Å². The summed E-state index contributed by atoms with van der Waals surface area (Å²) in [4.78, 5) is 12.3. The maximum atomic E-state index is 12.3. The van der Waals surface area contributed by atoms with E-state index in [9.17, 15) is 9.90 Å². The number of rotatable bonds is 7. The van der Waals surface area contributed by atoms with Gasteiger partial charge in [-0.25, -0.2) is 0 Å². The van der Waals surface area contributed by atoms with Crippen LogP contribution in [0.25, 0.3) is 11.1 Å². The summed E-state index contributed by atoms with van der Waals surface area (Å²) in [7, 11) is 0. The highest BCUT2D eigenvalue weighted by atomic mass is 16.5.